The van der Waals surface area contributed by atoms with E-state index in [-0.39, 0.29) is 22.3 Å². The fourth-order valence-corrected chi connectivity index (χ4v) is 6.00. The average molecular weight is 548 g/mol. The van der Waals surface area contributed by atoms with Crippen molar-refractivity contribution in [3.05, 3.63) is 107 Å². The van der Waals surface area contributed by atoms with Crippen LogP contribution in [-0.2, 0) is 15.3 Å². The van der Waals surface area contributed by atoms with E-state index in [1.807, 2.05) is 6.92 Å². The summed E-state index contributed by atoms with van der Waals surface area (Å²) in [6.07, 6.45) is 0. The average Bonchev–Trinajstić information content (AvgIpc) is 3.50. The number of ether oxygens (including phenoxy) is 1. The van der Waals surface area contributed by atoms with E-state index in [4.69, 9.17) is 4.74 Å². The topological polar surface area (TPSA) is 92.6 Å². The summed E-state index contributed by atoms with van der Waals surface area (Å²) in [4.78, 5) is 27.9. The predicted molar refractivity (Wildman–Crippen MR) is 145 cm³/mol. The van der Waals surface area contributed by atoms with Gasteiger partial charge >= 0.3 is 5.91 Å². The van der Waals surface area contributed by atoms with Crippen LogP contribution in [-0.4, -0.2) is 33.6 Å². The second-order valence-electron chi connectivity index (χ2n) is 8.27. The largest absolute Gasteiger partial charge is 0.507 e. The summed E-state index contributed by atoms with van der Waals surface area (Å²) < 4.78 is 20.2. The molecule has 1 N–H and O–H groups in total. The number of carbonyl (C=O) groups excluding carboxylic acids is 2. The van der Waals surface area contributed by atoms with Crippen LogP contribution < -0.4 is 9.64 Å². The molecule has 1 saturated heterocycles. The van der Waals surface area contributed by atoms with E-state index in [0.717, 1.165) is 11.3 Å². The maximum absolute atomic E-state index is 14.0. The molecule has 4 aromatic rings. The number of carbonyl (C=O) groups is 2. The molecule has 5 rings (SSSR count). The molecule has 1 atom stereocenters. The highest BCUT2D eigenvalue weighted by atomic mass is 32.2. The number of halogens is 1. The number of aliphatic hydroxyl groups excluding tert-OH is 1. The normalized spacial score (nSPS) is 16.7. The minimum Gasteiger partial charge on any atom is -0.507 e. The van der Waals surface area contributed by atoms with E-state index in [2.05, 4.69) is 10.2 Å². The van der Waals surface area contributed by atoms with Crippen molar-refractivity contribution in [2.75, 3.05) is 11.5 Å². The van der Waals surface area contributed by atoms with Crippen LogP contribution in [0.5, 0.6) is 5.75 Å². The second kappa shape index (κ2) is 11.2. The van der Waals surface area contributed by atoms with Crippen molar-refractivity contribution >= 4 is 45.7 Å². The van der Waals surface area contributed by atoms with Crippen molar-refractivity contribution in [3.8, 4) is 5.75 Å². The Kier molecular flexibility index (Phi) is 7.52. The highest BCUT2D eigenvalue weighted by molar-refractivity contribution is 8.00. The number of hydrogen-bond donors (Lipinski definition) is 1. The Bertz CT molecular complexity index is 1520. The van der Waals surface area contributed by atoms with Gasteiger partial charge in [-0.1, -0.05) is 83.8 Å². The molecular weight excluding hydrogens is 525 g/mol. The highest BCUT2D eigenvalue weighted by Crippen LogP contribution is 2.44. The fourth-order valence-electron chi connectivity index (χ4n) is 4.15. The van der Waals surface area contributed by atoms with Crippen LogP contribution in [0.15, 0.2) is 88.8 Å². The number of hydrogen-bond acceptors (Lipinski definition) is 8. The summed E-state index contributed by atoms with van der Waals surface area (Å²) >= 11 is 2.40. The van der Waals surface area contributed by atoms with Crippen LogP contribution in [0.25, 0.3) is 5.76 Å². The molecule has 1 aliphatic rings. The minimum atomic E-state index is -0.951. The van der Waals surface area contributed by atoms with Crippen molar-refractivity contribution in [2.45, 2.75) is 23.1 Å². The lowest BCUT2D eigenvalue weighted by Crippen LogP contribution is -2.29. The van der Waals surface area contributed by atoms with Crippen molar-refractivity contribution in [1.29, 1.82) is 0 Å². The Labute approximate surface area is 226 Å². The van der Waals surface area contributed by atoms with Crippen LogP contribution in [0, 0.1) is 5.82 Å². The van der Waals surface area contributed by atoms with Gasteiger partial charge in [0.15, 0.2) is 4.34 Å². The van der Waals surface area contributed by atoms with E-state index in [1.54, 1.807) is 72.8 Å². The Morgan fingerprint density at radius 1 is 1.05 bits per heavy atom. The molecule has 1 aliphatic heterocycles. The summed E-state index contributed by atoms with van der Waals surface area (Å²) in [5.74, 6) is -1.35. The van der Waals surface area contributed by atoms with E-state index in [0.29, 0.717) is 39.1 Å². The molecule has 0 radical (unpaired) electrons. The number of amides is 1. The Morgan fingerprint density at radius 3 is 2.58 bits per heavy atom. The molecule has 0 spiro atoms. The third kappa shape index (κ3) is 5.05. The Morgan fingerprint density at radius 2 is 1.82 bits per heavy atom. The second-order valence-corrected chi connectivity index (χ2v) is 10.4. The van der Waals surface area contributed by atoms with Crippen LogP contribution >= 0.6 is 23.1 Å². The molecule has 1 aromatic heterocycles. The van der Waals surface area contributed by atoms with E-state index >= 15 is 0 Å². The number of aliphatic hydroxyl groups is 1. The number of aromatic nitrogens is 2. The number of ketones is 1. The molecule has 1 amide bonds. The first-order valence-electron chi connectivity index (χ1n) is 11.8. The quantitative estimate of drug-likeness (QED) is 0.0952. The predicted octanol–water partition coefficient (Wildman–Crippen LogP) is 5.99. The Hall–Kier alpha value is -4.02. The zero-order chi connectivity index (χ0) is 26.6. The molecule has 3 aromatic carbocycles. The molecular formula is C28H22FN3O4S2. The van der Waals surface area contributed by atoms with Gasteiger partial charge in [0.1, 0.15) is 17.3 Å². The molecule has 0 saturated carbocycles. The first-order chi connectivity index (χ1) is 18.5. The summed E-state index contributed by atoms with van der Waals surface area (Å²) in [5.41, 5.74) is 1.45. The molecule has 1 fully saturated rings. The lowest BCUT2D eigenvalue weighted by atomic mass is 9.95. The van der Waals surface area contributed by atoms with Crippen LogP contribution in [0.1, 0.15) is 29.7 Å². The zero-order valence-electron chi connectivity index (χ0n) is 20.2. The zero-order valence-corrected chi connectivity index (χ0v) is 21.8. The number of Topliss-reactive ketones (excluding diaryl/α,β-unsaturated/α-hetero) is 1. The third-order valence-corrected chi connectivity index (χ3v) is 7.99. The van der Waals surface area contributed by atoms with Gasteiger partial charge in [-0.2, -0.15) is 0 Å². The minimum absolute atomic E-state index is 0.0504. The van der Waals surface area contributed by atoms with Crippen molar-refractivity contribution in [3.63, 3.8) is 0 Å². The molecule has 38 heavy (non-hydrogen) atoms. The third-order valence-electron chi connectivity index (χ3n) is 5.89. The monoisotopic (exact) mass is 547 g/mol. The number of nitrogens with zero attached hydrogens (tertiary/aromatic N) is 3. The standard InChI is InChI=1S/C28H22FN3O4S2/c1-2-36-20-13-8-12-18(15-20)23-22(24(33)17-9-4-3-5-10-17)25(34)26(35)32(23)27-30-31-28(38-27)37-16-19-11-6-7-14-21(19)29/h3-15,23,33H,2,16H2,1H3/b24-22+. The molecule has 0 aliphatic carbocycles. The van der Waals surface area contributed by atoms with Gasteiger partial charge in [0, 0.05) is 11.3 Å². The van der Waals surface area contributed by atoms with Crippen molar-refractivity contribution in [1.82, 2.24) is 10.2 Å². The summed E-state index contributed by atoms with van der Waals surface area (Å²) in [6, 6.07) is 21.1. The maximum Gasteiger partial charge on any atom is 0.301 e. The number of rotatable bonds is 8. The molecule has 0 bridgehead atoms. The first-order valence-corrected chi connectivity index (χ1v) is 13.6. The van der Waals surface area contributed by atoms with Gasteiger partial charge in [0.25, 0.3) is 5.78 Å². The van der Waals surface area contributed by atoms with Gasteiger partial charge in [-0.15, -0.1) is 10.2 Å². The van der Waals surface area contributed by atoms with Gasteiger partial charge in [-0.05, 0) is 36.2 Å². The molecule has 1 unspecified atom stereocenters. The number of anilines is 1. The molecule has 192 valence electrons. The van der Waals surface area contributed by atoms with E-state index < -0.39 is 17.7 Å². The lowest BCUT2D eigenvalue weighted by Gasteiger charge is -2.23. The van der Waals surface area contributed by atoms with Crippen LogP contribution in [0.4, 0.5) is 9.52 Å². The summed E-state index contributed by atoms with van der Waals surface area (Å²) in [7, 11) is 0. The Balaban J connectivity index is 1.55. The van der Waals surface area contributed by atoms with Gasteiger partial charge in [0.2, 0.25) is 5.13 Å². The summed E-state index contributed by atoms with van der Waals surface area (Å²) in [6.45, 7) is 2.29. The smallest absolute Gasteiger partial charge is 0.301 e. The molecule has 10 heteroatoms. The summed E-state index contributed by atoms with van der Waals surface area (Å²) in [5, 5.41) is 19.8. The molecule has 7 nitrogen and oxygen atoms in total. The first kappa shape index (κ1) is 25.6. The fraction of sp³-hybridized carbons (Fsp3) is 0.143. The SMILES string of the molecule is CCOc1cccc(C2/C(=C(\O)c3ccccc3)C(=O)C(=O)N2c2nnc(SCc3ccccc3F)s2)c1. The highest BCUT2D eigenvalue weighted by Gasteiger charge is 2.48. The van der Waals surface area contributed by atoms with Crippen molar-refractivity contribution in [2.24, 2.45) is 0 Å². The van der Waals surface area contributed by atoms with Crippen LogP contribution in [0.3, 0.4) is 0 Å². The lowest BCUT2D eigenvalue weighted by molar-refractivity contribution is -0.132. The van der Waals surface area contributed by atoms with Gasteiger partial charge in [-0.3, -0.25) is 14.5 Å². The maximum atomic E-state index is 14.0. The van der Waals surface area contributed by atoms with Crippen LogP contribution in [0.2, 0.25) is 0 Å². The van der Waals surface area contributed by atoms with E-state index in [1.165, 1.54) is 22.7 Å². The number of benzene rings is 3. The van der Waals surface area contributed by atoms with Gasteiger partial charge in [0.05, 0.1) is 18.2 Å². The number of thioether (sulfide) groups is 1. The van der Waals surface area contributed by atoms with E-state index in [9.17, 15) is 19.1 Å². The molecule has 2 heterocycles. The van der Waals surface area contributed by atoms with Crippen molar-refractivity contribution < 1.29 is 23.8 Å². The van der Waals surface area contributed by atoms with Gasteiger partial charge in [-0.25, -0.2) is 4.39 Å². The van der Waals surface area contributed by atoms with Gasteiger partial charge < -0.3 is 9.84 Å².